The summed E-state index contributed by atoms with van der Waals surface area (Å²) in [5, 5.41) is 18.5. The van der Waals surface area contributed by atoms with Crippen LogP contribution in [0.4, 0.5) is 4.39 Å². The zero-order valence-electron chi connectivity index (χ0n) is 14.7. The fraction of sp³-hybridized carbons (Fsp3) is 0.250. The van der Waals surface area contributed by atoms with E-state index in [2.05, 4.69) is 30.1 Å². The molecule has 1 heterocycles. The molecule has 0 unspecified atom stereocenters. The monoisotopic (exact) mass is 366 g/mol. The quantitative estimate of drug-likeness (QED) is 0.582. The second kappa shape index (κ2) is 8.15. The molecule has 132 valence electrons. The first-order chi connectivity index (χ1) is 12.6. The van der Waals surface area contributed by atoms with Crippen LogP contribution in [0.5, 0.6) is 0 Å². The maximum Gasteiger partial charge on any atom is 0.191 e. The highest BCUT2D eigenvalue weighted by atomic mass is 32.2. The van der Waals surface area contributed by atoms with Crippen molar-refractivity contribution in [2.75, 3.05) is 0 Å². The molecule has 2 aromatic carbocycles. The Bertz CT molecular complexity index is 943. The maximum atomic E-state index is 14.2. The van der Waals surface area contributed by atoms with E-state index >= 15 is 0 Å². The Balaban J connectivity index is 1.93. The predicted molar refractivity (Wildman–Crippen MR) is 101 cm³/mol. The normalized spacial score (nSPS) is 10.9. The highest BCUT2D eigenvalue weighted by molar-refractivity contribution is 7.98. The standard InChI is InChI=1S/C20H19FN4S/c1-14(2)12-25-19(17-9-5-6-10-18(17)21)23-24-20(25)26-13-16-8-4-3-7-15(16)11-22/h3-10,14H,12-13H2,1-2H3. The van der Waals surface area contributed by atoms with Gasteiger partial charge in [0.2, 0.25) is 0 Å². The molecule has 1 aromatic heterocycles. The number of hydrogen-bond donors (Lipinski definition) is 0. The van der Waals surface area contributed by atoms with E-state index in [9.17, 15) is 9.65 Å². The molecule has 4 nitrogen and oxygen atoms in total. The molecule has 3 aromatic rings. The van der Waals surface area contributed by atoms with Crippen LogP contribution in [0, 0.1) is 23.1 Å². The van der Waals surface area contributed by atoms with Gasteiger partial charge in [0.25, 0.3) is 0 Å². The molecule has 6 heteroatoms. The van der Waals surface area contributed by atoms with Gasteiger partial charge in [-0.2, -0.15) is 5.26 Å². The van der Waals surface area contributed by atoms with Crippen LogP contribution >= 0.6 is 11.8 Å². The van der Waals surface area contributed by atoms with Crippen molar-refractivity contribution in [2.45, 2.75) is 31.3 Å². The van der Waals surface area contributed by atoms with Gasteiger partial charge in [-0.15, -0.1) is 10.2 Å². The van der Waals surface area contributed by atoms with Gasteiger partial charge >= 0.3 is 0 Å². The molecular formula is C20H19FN4S. The Morgan fingerprint density at radius 2 is 1.85 bits per heavy atom. The summed E-state index contributed by atoms with van der Waals surface area (Å²) < 4.78 is 16.2. The molecule has 0 aliphatic carbocycles. The van der Waals surface area contributed by atoms with Crippen molar-refractivity contribution in [3.8, 4) is 17.5 Å². The first kappa shape index (κ1) is 18.2. The third kappa shape index (κ3) is 3.94. The zero-order chi connectivity index (χ0) is 18.5. The number of benzene rings is 2. The molecule has 3 rings (SSSR count). The molecule has 0 fully saturated rings. The molecule has 0 amide bonds. The lowest BCUT2D eigenvalue weighted by Crippen LogP contribution is -2.08. The summed E-state index contributed by atoms with van der Waals surface area (Å²) in [6.07, 6.45) is 0. The molecule has 0 atom stereocenters. The Hall–Kier alpha value is -2.65. The number of thioether (sulfide) groups is 1. The first-order valence-electron chi connectivity index (χ1n) is 8.39. The minimum Gasteiger partial charge on any atom is -0.302 e. The minimum atomic E-state index is -0.309. The van der Waals surface area contributed by atoms with Crippen LogP contribution in [-0.2, 0) is 12.3 Å². The number of halogens is 1. The van der Waals surface area contributed by atoms with E-state index in [4.69, 9.17) is 0 Å². The highest BCUT2D eigenvalue weighted by Crippen LogP contribution is 2.29. The Labute approximate surface area is 156 Å². The number of nitriles is 1. The molecule has 26 heavy (non-hydrogen) atoms. The molecule has 0 N–H and O–H groups in total. The van der Waals surface area contributed by atoms with Gasteiger partial charge in [0.15, 0.2) is 11.0 Å². The van der Waals surface area contributed by atoms with Crippen LogP contribution in [0.3, 0.4) is 0 Å². The molecule has 0 radical (unpaired) electrons. The van der Waals surface area contributed by atoms with Crippen LogP contribution in [0.25, 0.3) is 11.4 Å². The fourth-order valence-electron chi connectivity index (χ4n) is 2.66. The summed E-state index contributed by atoms with van der Waals surface area (Å²) in [5.74, 6) is 1.20. The van der Waals surface area contributed by atoms with Crippen molar-refractivity contribution in [3.05, 3.63) is 65.5 Å². The Kier molecular flexibility index (Phi) is 5.69. The number of rotatable bonds is 6. The van der Waals surface area contributed by atoms with Gasteiger partial charge in [0, 0.05) is 12.3 Å². The SMILES string of the molecule is CC(C)Cn1c(SCc2ccccc2C#N)nnc1-c1ccccc1F. The topological polar surface area (TPSA) is 54.5 Å². The van der Waals surface area contributed by atoms with Crippen molar-refractivity contribution >= 4 is 11.8 Å². The van der Waals surface area contributed by atoms with Crippen LogP contribution in [0.1, 0.15) is 25.0 Å². The number of hydrogen-bond acceptors (Lipinski definition) is 4. The lowest BCUT2D eigenvalue weighted by atomic mass is 10.1. The number of aromatic nitrogens is 3. The van der Waals surface area contributed by atoms with Gasteiger partial charge in [-0.3, -0.25) is 0 Å². The summed E-state index contributed by atoms with van der Waals surface area (Å²) in [4.78, 5) is 0. The van der Waals surface area contributed by atoms with E-state index in [0.29, 0.717) is 35.2 Å². The van der Waals surface area contributed by atoms with Crippen LogP contribution in [0.15, 0.2) is 53.7 Å². The second-order valence-corrected chi connectivity index (χ2v) is 7.29. The number of nitrogens with zero attached hydrogens (tertiary/aromatic N) is 4. The van der Waals surface area contributed by atoms with Gasteiger partial charge in [-0.25, -0.2) is 4.39 Å². The van der Waals surface area contributed by atoms with Crippen LogP contribution in [0.2, 0.25) is 0 Å². The van der Waals surface area contributed by atoms with Crippen molar-refractivity contribution in [1.82, 2.24) is 14.8 Å². The van der Waals surface area contributed by atoms with Gasteiger partial charge in [-0.1, -0.05) is 55.9 Å². The smallest absolute Gasteiger partial charge is 0.191 e. The lowest BCUT2D eigenvalue weighted by Gasteiger charge is -2.13. The van der Waals surface area contributed by atoms with Gasteiger partial charge in [-0.05, 0) is 29.7 Å². The molecule has 0 aliphatic rings. The maximum absolute atomic E-state index is 14.2. The summed E-state index contributed by atoms with van der Waals surface area (Å²) in [5.41, 5.74) is 2.06. The van der Waals surface area contributed by atoms with E-state index in [1.165, 1.54) is 17.8 Å². The zero-order valence-corrected chi connectivity index (χ0v) is 15.5. The van der Waals surface area contributed by atoms with E-state index in [-0.39, 0.29) is 5.82 Å². The summed E-state index contributed by atoms with van der Waals surface area (Å²) >= 11 is 1.51. The minimum absolute atomic E-state index is 0.309. The second-order valence-electron chi connectivity index (χ2n) is 6.35. The average molecular weight is 366 g/mol. The summed E-state index contributed by atoms with van der Waals surface area (Å²) in [7, 11) is 0. The Morgan fingerprint density at radius 3 is 2.58 bits per heavy atom. The molecular weight excluding hydrogens is 347 g/mol. The third-order valence-electron chi connectivity index (χ3n) is 3.87. The summed E-state index contributed by atoms with van der Waals surface area (Å²) in [6.45, 7) is 4.90. The molecule has 0 aliphatic heterocycles. The average Bonchev–Trinajstić information content (AvgIpc) is 3.02. The predicted octanol–water partition coefficient (Wildman–Crippen LogP) is 4.90. The molecule has 0 bridgehead atoms. The lowest BCUT2D eigenvalue weighted by molar-refractivity contribution is 0.496. The van der Waals surface area contributed by atoms with Gasteiger partial charge in [0.1, 0.15) is 5.82 Å². The van der Waals surface area contributed by atoms with Crippen molar-refractivity contribution in [1.29, 1.82) is 5.26 Å². The van der Waals surface area contributed by atoms with Crippen LogP contribution in [-0.4, -0.2) is 14.8 Å². The fourth-order valence-corrected chi connectivity index (χ4v) is 3.62. The van der Waals surface area contributed by atoms with Crippen LogP contribution < -0.4 is 0 Å². The Morgan fingerprint density at radius 1 is 1.12 bits per heavy atom. The molecule has 0 spiro atoms. The summed E-state index contributed by atoms with van der Waals surface area (Å²) in [6, 6.07) is 16.3. The van der Waals surface area contributed by atoms with Crippen molar-refractivity contribution in [2.24, 2.45) is 5.92 Å². The van der Waals surface area contributed by atoms with E-state index in [1.54, 1.807) is 24.3 Å². The van der Waals surface area contributed by atoms with E-state index in [1.807, 2.05) is 22.8 Å². The highest BCUT2D eigenvalue weighted by Gasteiger charge is 2.18. The molecule has 0 saturated heterocycles. The molecule has 0 saturated carbocycles. The van der Waals surface area contributed by atoms with Crippen molar-refractivity contribution < 1.29 is 4.39 Å². The van der Waals surface area contributed by atoms with E-state index < -0.39 is 0 Å². The van der Waals surface area contributed by atoms with Crippen molar-refractivity contribution in [3.63, 3.8) is 0 Å². The largest absolute Gasteiger partial charge is 0.302 e. The van der Waals surface area contributed by atoms with Gasteiger partial charge < -0.3 is 4.57 Å². The first-order valence-corrected chi connectivity index (χ1v) is 9.37. The van der Waals surface area contributed by atoms with E-state index in [0.717, 1.165) is 10.7 Å². The van der Waals surface area contributed by atoms with Gasteiger partial charge in [0.05, 0.1) is 17.2 Å². The third-order valence-corrected chi connectivity index (χ3v) is 4.89.